The van der Waals surface area contributed by atoms with Gasteiger partial charge in [0.25, 0.3) is 5.91 Å². The smallest absolute Gasteiger partial charge is 0.345 e. The third kappa shape index (κ3) is 3.98. The fraction of sp³-hybridized carbons (Fsp3) is 0.0417. The number of hydrogen-bond donors (Lipinski definition) is 1. The van der Waals surface area contributed by atoms with Crippen LogP contribution in [-0.4, -0.2) is 24.0 Å². The fourth-order valence-corrected chi connectivity index (χ4v) is 3.07. The lowest BCUT2D eigenvalue weighted by atomic mass is 10.1. The van der Waals surface area contributed by atoms with Crippen molar-refractivity contribution in [1.29, 1.82) is 0 Å². The average Bonchev–Trinajstić information content (AvgIpc) is 2.79. The number of methoxy groups -OCH3 is 1. The molecule has 6 heteroatoms. The van der Waals surface area contributed by atoms with E-state index in [1.54, 1.807) is 66.9 Å². The molecular formula is C24H18N2O4. The number of pyridine rings is 1. The van der Waals surface area contributed by atoms with Gasteiger partial charge in [0.05, 0.1) is 23.8 Å². The Hall–Kier alpha value is -4.19. The molecule has 148 valence electrons. The third-order valence-corrected chi connectivity index (χ3v) is 4.53. The van der Waals surface area contributed by atoms with Gasteiger partial charge >= 0.3 is 5.97 Å². The zero-order valence-electron chi connectivity index (χ0n) is 16.2. The first-order valence-electron chi connectivity index (χ1n) is 9.26. The van der Waals surface area contributed by atoms with E-state index in [9.17, 15) is 9.59 Å². The van der Waals surface area contributed by atoms with E-state index in [1.807, 2.05) is 18.2 Å². The molecule has 0 fully saturated rings. The SMILES string of the molecule is COc1ccccc1C(=O)Nc1ccc(OC(=O)c2cccc3cccnc23)cc1. The highest BCUT2D eigenvalue weighted by molar-refractivity contribution is 6.06. The summed E-state index contributed by atoms with van der Waals surface area (Å²) in [6.45, 7) is 0. The second-order valence-electron chi connectivity index (χ2n) is 6.45. The number of fused-ring (bicyclic) bond motifs is 1. The Morgan fingerprint density at radius 1 is 0.833 bits per heavy atom. The van der Waals surface area contributed by atoms with Gasteiger partial charge in [0.1, 0.15) is 11.5 Å². The van der Waals surface area contributed by atoms with Crippen LogP contribution in [0.1, 0.15) is 20.7 Å². The molecule has 30 heavy (non-hydrogen) atoms. The van der Waals surface area contributed by atoms with Crippen molar-refractivity contribution in [3.8, 4) is 11.5 Å². The molecule has 0 atom stereocenters. The van der Waals surface area contributed by atoms with Crippen LogP contribution in [0.3, 0.4) is 0 Å². The number of esters is 1. The highest BCUT2D eigenvalue weighted by atomic mass is 16.5. The molecule has 0 aliphatic rings. The molecule has 3 aromatic carbocycles. The molecule has 0 saturated carbocycles. The highest BCUT2D eigenvalue weighted by Gasteiger charge is 2.14. The van der Waals surface area contributed by atoms with Crippen molar-refractivity contribution < 1.29 is 19.1 Å². The van der Waals surface area contributed by atoms with Crippen LogP contribution in [0.4, 0.5) is 5.69 Å². The average molecular weight is 398 g/mol. The summed E-state index contributed by atoms with van der Waals surface area (Å²) in [6.07, 6.45) is 1.64. The van der Waals surface area contributed by atoms with Crippen molar-refractivity contribution in [1.82, 2.24) is 4.98 Å². The summed E-state index contributed by atoms with van der Waals surface area (Å²) in [6, 6.07) is 22.6. The van der Waals surface area contributed by atoms with Gasteiger partial charge in [-0.1, -0.05) is 30.3 Å². The highest BCUT2D eigenvalue weighted by Crippen LogP contribution is 2.22. The topological polar surface area (TPSA) is 77.5 Å². The predicted molar refractivity (Wildman–Crippen MR) is 114 cm³/mol. The Morgan fingerprint density at radius 2 is 1.57 bits per heavy atom. The van der Waals surface area contributed by atoms with Gasteiger partial charge < -0.3 is 14.8 Å². The standard InChI is InChI=1S/C24H18N2O4/c1-29-21-10-3-2-8-19(21)23(27)26-17-11-13-18(14-12-17)30-24(28)20-9-4-6-16-7-5-15-25-22(16)20/h2-15H,1H3,(H,26,27). The number of hydrogen-bond acceptors (Lipinski definition) is 5. The summed E-state index contributed by atoms with van der Waals surface area (Å²) in [5.41, 5.74) is 1.98. The molecular weight excluding hydrogens is 380 g/mol. The van der Waals surface area contributed by atoms with Gasteiger partial charge in [0, 0.05) is 17.3 Å². The first kappa shape index (κ1) is 19.1. The van der Waals surface area contributed by atoms with E-state index in [1.165, 1.54) is 7.11 Å². The summed E-state index contributed by atoms with van der Waals surface area (Å²) in [7, 11) is 1.51. The number of nitrogens with one attached hydrogen (secondary N) is 1. The summed E-state index contributed by atoms with van der Waals surface area (Å²) < 4.78 is 10.7. The molecule has 0 unspecified atom stereocenters. The van der Waals surface area contributed by atoms with Crippen LogP contribution in [0.5, 0.6) is 11.5 Å². The summed E-state index contributed by atoms with van der Waals surface area (Å²) in [5, 5.41) is 3.66. The van der Waals surface area contributed by atoms with Crippen molar-refractivity contribution in [2.75, 3.05) is 12.4 Å². The van der Waals surface area contributed by atoms with Gasteiger partial charge in [-0.05, 0) is 48.5 Å². The van der Waals surface area contributed by atoms with Crippen LogP contribution >= 0.6 is 0 Å². The Labute approximate surface area is 173 Å². The van der Waals surface area contributed by atoms with Crippen LogP contribution in [0.15, 0.2) is 85.1 Å². The zero-order valence-corrected chi connectivity index (χ0v) is 16.2. The molecule has 1 N–H and O–H groups in total. The lowest BCUT2D eigenvalue weighted by molar-refractivity contribution is 0.0736. The summed E-state index contributed by atoms with van der Waals surface area (Å²) >= 11 is 0. The first-order valence-corrected chi connectivity index (χ1v) is 9.26. The number of amides is 1. The summed E-state index contributed by atoms with van der Waals surface area (Å²) in [4.78, 5) is 29.4. The van der Waals surface area contributed by atoms with Crippen molar-refractivity contribution >= 4 is 28.5 Å². The maximum absolute atomic E-state index is 12.6. The molecule has 0 aliphatic carbocycles. The van der Waals surface area contributed by atoms with E-state index in [-0.39, 0.29) is 5.91 Å². The van der Waals surface area contributed by atoms with Crippen LogP contribution in [-0.2, 0) is 0 Å². The maximum Gasteiger partial charge on any atom is 0.345 e. The quantitative estimate of drug-likeness (QED) is 0.389. The third-order valence-electron chi connectivity index (χ3n) is 4.53. The molecule has 0 aliphatic heterocycles. The summed E-state index contributed by atoms with van der Waals surface area (Å²) in [5.74, 6) is 0.0663. The number of carbonyl (C=O) groups excluding carboxylic acids is 2. The second kappa shape index (κ2) is 8.45. The van der Waals surface area contributed by atoms with Crippen LogP contribution < -0.4 is 14.8 Å². The van der Waals surface area contributed by atoms with Gasteiger partial charge in [0.15, 0.2) is 0 Å². The number of para-hydroxylation sites is 2. The first-order chi connectivity index (χ1) is 14.7. The molecule has 0 radical (unpaired) electrons. The van der Waals surface area contributed by atoms with Crippen LogP contribution in [0, 0.1) is 0 Å². The van der Waals surface area contributed by atoms with Gasteiger partial charge in [0.2, 0.25) is 0 Å². The van der Waals surface area contributed by atoms with Gasteiger partial charge in [-0.2, -0.15) is 0 Å². The van der Waals surface area contributed by atoms with E-state index in [4.69, 9.17) is 9.47 Å². The molecule has 1 aromatic heterocycles. The lowest BCUT2D eigenvalue weighted by Crippen LogP contribution is -2.13. The number of aromatic nitrogens is 1. The number of nitrogens with zero attached hydrogens (tertiary/aromatic N) is 1. The van der Waals surface area contributed by atoms with Gasteiger partial charge in [-0.3, -0.25) is 9.78 Å². The normalized spacial score (nSPS) is 10.4. The van der Waals surface area contributed by atoms with Gasteiger partial charge in [-0.25, -0.2) is 4.79 Å². The second-order valence-corrected chi connectivity index (χ2v) is 6.45. The van der Waals surface area contributed by atoms with E-state index >= 15 is 0 Å². The lowest BCUT2D eigenvalue weighted by Gasteiger charge is -2.10. The Morgan fingerprint density at radius 3 is 2.37 bits per heavy atom. The number of benzene rings is 3. The van der Waals surface area contributed by atoms with Crippen molar-refractivity contribution in [3.63, 3.8) is 0 Å². The van der Waals surface area contributed by atoms with E-state index in [2.05, 4.69) is 10.3 Å². The van der Waals surface area contributed by atoms with E-state index in [0.29, 0.717) is 33.8 Å². The molecule has 0 spiro atoms. The van der Waals surface area contributed by atoms with Crippen molar-refractivity contribution in [2.45, 2.75) is 0 Å². The zero-order chi connectivity index (χ0) is 20.9. The van der Waals surface area contributed by atoms with E-state index in [0.717, 1.165) is 5.39 Å². The van der Waals surface area contributed by atoms with Crippen LogP contribution in [0.25, 0.3) is 10.9 Å². The number of carbonyl (C=O) groups is 2. The van der Waals surface area contributed by atoms with Crippen LogP contribution in [0.2, 0.25) is 0 Å². The minimum atomic E-state index is -0.495. The predicted octanol–water partition coefficient (Wildman–Crippen LogP) is 4.71. The van der Waals surface area contributed by atoms with Gasteiger partial charge in [-0.15, -0.1) is 0 Å². The molecule has 6 nitrogen and oxygen atoms in total. The minimum absolute atomic E-state index is 0.293. The molecule has 4 aromatic rings. The molecule has 4 rings (SSSR count). The number of anilines is 1. The Balaban J connectivity index is 1.47. The molecule has 1 amide bonds. The number of ether oxygens (including phenoxy) is 2. The Bertz CT molecular complexity index is 1210. The molecule has 0 saturated heterocycles. The van der Waals surface area contributed by atoms with Crippen molar-refractivity contribution in [3.05, 3.63) is 96.2 Å². The largest absolute Gasteiger partial charge is 0.496 e. The Kier molecular flexibility index (Phi) is 5.39. The minimum Gasteiger partial charge on any atom is -0.496 e. The molecule has 1 heterocycles. The fourth-order valence-electron chi connectivity index (χ4n) is 3.07. The monoisotopic (exact) mass is 398 g/mol. The number of rotatable bonds is 5. The van der Waals surface area contributed by atoms with Crippen molar-refractivity contribution in [2.24, 2.45) is 0 Å². The maximum atomic E-state index is 12.6. The van der Waals surface area contributed by atoms with E-state index < -0.39 is 5.97 Å². The molecule has 0 bridgehead atoms.